The van der Waals surface area contributed by atoms with Gasteiger partial charge in [-0.15, -0.1) is 0 Å². The molecule has 0 radical (unpaired) electrons. The summed E-state index contributed by atoms with van der Waals surface area (Å²) in [7, 11) is 1.35. The van der Waals surface area contributed by atoms with Crippen LogP contribution in [0.3, 0.4) is 0 Å². The summed E-state index contributed by atoms with van der Waals surface area (Å²) in [6, 6.07) is 5.29. The first-order valence-corrected chi connectivity index (χ1v) is 7.41. The van der Waals surface area contributed by atoms with Gasteiger partial charge < -0.3 is 10.1 Å². The van der Waals surface area contributed by atoms with E-state index in [2.05, 4.69) is 17.0 Å². The molecule has 0 fully saturated rings. The van der Waals surface area contributed by atoms with Gasteiger partial charge in [-0.25, -0.2) is 4.79 Å². The van der Waals surface area contributed by atoms with Crippen molar-refractivity contribution in [3.05, 3.63) is 28.8 Å². The van der Waals surface area contributed by atoms with Gasteiger partial charge in [0.2, 0.25) is 0 Å². The minimum Gasteiger partial charge on any atom is -0.465 e. The van der Waals surface area contributed by atoms with Crippen LogP contribution in [0.25, 0.3) is 0 Å². The predicted molar refractivity (Wildman–Crippen MR) is 78.9 cm³/mol. The lowest BCUT2D eigenvalue weighted by Crippen LogP contribution is -2.06. The molecule has 0 aliphatic heterocycles. The summed E-state index contributed by atoms with van der Waals surface area (Å²) in [5.41, 5.74) is 1.29. The summed E-state index contributed by atoms with van der Waals surface area (Å²) in [6.07, 6.45) is 1.09. The highest BCUT2D eigenvalue weighted by Crippen LogP contribution is 2.21. The Labute approximate surface area is 117 Å². The number of halogens is 1. The van der Waals surface area contributed by atoms with Crippen LogP contribution in [0.1, 0.15) is 23.7 Å². The molecule has 1 aromatic carbocycles. The Bertz CT molecular complexity index is 399. The van der Waals surface area contributed by atoms with Crippen molar-refractivity contribution in [2.75, 3.05) is 30.5 Å². The molecule has 100 valence electrons. The van der Waals surface area contributed by atoms with Crippen molar-refractivity contribution in [1.29, 1.82) is 0 Å². The van der Waals surface area contributed by atoms with Gasteiger partial charge in [0, 0.05) is 12.2 Å². The van der Waals surface area contributed by atoms with E-state index in [-0.39, 0.29) is 0 Å². The summed E-state index contributed by atoms with van der Waals surface area (Å²) in [5.74, 6) is 1.87. The molecule has 0 aromatic heterocycles. The number of hydrogen-bond acceptors (Lipinski definition) is 4. The van der Waals surface area contributed by atoms with Crippen LogP contribution in [0.15, 0.2) is 18.2 Å². The number of nitrogens with one attached hydrogen (secondary N) is 1. The third-order valence-corrected chi connectivity index (χ3v) is 3.69. The van der Waals surface area contributed by atoms with Crippen molar-refractivity contribution in [2.24, 2.45) is 0 Å². The number of anilines is 1. The number of carbonyl (C=O) groups is 1. The first-order valence-electron chi connectivity index (χ1n) is 5.88. The van der Waals surface area contributed by atoms with Crippen molar-refractivity contribution in [3.63, 3.8) is 0 Å². The van der Waals surface area contributed by atoms with Crippen LogP contribution in [0.5, 0.6) is 0 Å². The predicted octanol–water partition coefficient (Wildman–Crippen LogP) is 3.68. The average molecular weight is 288 g/mol. The molecule has 0 bridgehead atoms. The molecule has 1 N–H and O–H groups in total. The summed E-state index contributed by atoms with van der Waals surface area (Å²) in [4.78, 5) is 11.5. The second-order valence-corrected chi connectivity index (χ2v) is 5.46. The fraction of sp³-hybridized carbons (Fsp3) is 0.462. The Morgan fingerprint density at radius 1 is 1.50 bits per heavy atom. The third-order valence-electron chi connectivity index (χ3n) is 2.37. The van der Waals surface area contributed by atoms with Gasteiger partial charge >= 0.3 is 5.97 Å². The second-order valence-electron chi connectivity index (χ2n) is 3.66. The summed E-state index contributed by atoms with van der Waals surface area (Å²) < 4.78 is 4.68. The molecule has 0 unspecified atom stereocenters. The maximum atomic E-state index is 11.5. The molecule has 0 heterocycles. The normalized spacial score (nSPS) is 10.2. The fourth-order valence-corrected chi connectivity index (χ4v) is 2.28. The minimum absolute atomic E-state index is 0.395. The van der Waals surface area contributed by atoms with E-state index in [0.717, 1.165) is 30.2 Å². The van der Waals surface area contributed by atoms with Crippen molar-refractivity contribution < 1.29 is 9.53 Å². The highest BCUT2D eigenvalue weighted by Gasteiger charge is 2.10. The van der Waals surface area contributed by atoms with Crippen LogP contribution in [0.2, 0.25) is 5.02 Å². The summed E-state index contributed by atoms with van der Waals surface area (Å²) in [5, 5.41) is 3.68. The SMILES string of the molecule is CCSCCCNc1ccc(Cl)c(C(=O)OC)c1. The Morgan fingerprint density at radius 3 is 2.94 bits per heavy atom. The van der Waals surface area contributed by atoms with Gasteiger partial charge in [-0.2, -0.15) is 11.8 Å². The van der Waals surface area contributed by atoms with Crippen LogP contribution < -0.4 is 5.32 Å². The molecule has 0 aliphatic rings. The molecule has 5 heteroatoms. The maximum absolute atomic E-state index is 11.5. The van der Waals surface area contributed by atoms with E-state index in [1.54, 1.807) is 12.1 Å². The largest absolute Gasteiger partial charge is 0.465 e. The van der Waals surface area contributed by atoms with Crippen LogP contribution >= 0.6 is 23.4 Å². The zero-order chi connectivity index (χ0) is 13.4. The van der Waals surface area contributed by atoms with Crippen molar-refractivity contribution in [2.45, 2.75) is 13.3 Å². The van der Waals surface area contributed by atoms with Gasteiger partial charge in [-0.05, 0) is 36.1 Å². The van der Waals surface area contributed by atoms with Crippen LogP contribution in [0, 0.1) is 0 Å². The molecule has 1 aromatic rings. The van der Waals surface area contributed by atoms with Gasteiger partial charge in [0.25, 0.3) is 0 Å². The highest BCUT2D eigenvalue weighted by molar-refractivity contribution is 7.99. The standard InChI is InChI=1S/C13H18ClNO2S/c1-3-18-8-4-7-15-10-5-6-12(14)11(9-10)13(16)17-2/h5-6,9,15H,3-4,7-8H2,1-2H3. The Kier molecular flexibility index (Phi) is 6.98. The van der Waals surface area contributed by atoms with Crippen LogP contribution in [-0.4, -0.2) is 31.1 Å². The molecular formula is C13H18ClNO2S. The first-order chi connectivity index (χ1) is 8.69. The average Bonchev–Trinajstić information content (AvgIpc) is 2.39. The Balaban J connectivity index is 2.54. The Hall–Kier alpha value is -0.870. The van der Waals surface area contributed by atoms with E-state index in [4.69, 9.17) is 11.6 Å². The summed E-state index contributed by atoms with van der Waals surface area (Å²) >= 11 is 7.86. The van der Waals surface area contributed by atoms with E-state index < -0.39 is 5.97 Å². The molecule has 0 spiro atoms. The number of thioether (sulfide) groups is 1. The molecule has 0 amide bonds. The second kappa shape index (κ2) is 8.27. The molecule has 18 heavy (non-hydrogen) atoms. The lowest BCUT2D eigenvalue weighted by atomic mass is 10.2. The quantitative estimate of drug-likeness (QED) is 0.613. The van der Waals surface area contributed by atoms with Crippen molar-refractivity contribution >= 4 is 35.0 Å². The van der Waals surface area contributed by atoms with Gasteiger partial charge in [-0.3, -0.25) is 0 Å². The number of rotatable bonds is 7. The van der Waals surface area contributed by atoms with E-state index >= 15 is 0 Å². The highest BCUT2D eigenvalue weighted by atomic mass is 35.5. The van der Waals surface area contributed by atoms with Crippen LogP contribution in [-0.2, 0) is 4.74 Å². The maximum Gasteiger partial charge on any atom is 0.339 e. The monoisotopic (exact) mass is 287 g/mol. The van der Waals surface area contributed by atoms with Gasteiger partial charge in [0.05, 0.1) is 17.7 Å². The van der Waals surface area contributed by atoms with Gasteiger partial charge in [0.1, 0.15) is 0 Å². The number of methoxy groups -OCH3 is 1. The molecule has 0 saturated heterocycles. The fourth-order valence-electron chi connectivity index (χ4n) is 1.45. The number of hydrogen-bond donors (Lipinski definition) is 1. The number of esters is 1. The minimum atomic E-state index is -0.412. The number of benzene rings is 1. The first kappa shape index (κ1) is 15.2. The zero-order valence-electron chi connectivity index (χ0n) is 10.7. The molecule has 0 atom stereocenters. The summed E-state index contributed by atoms with van der Waals surface area (Å²) in [6.45, 7) is 3.04. The molecule has 0 aliphatic carbocycles. The van der Waals surface area contributed by atoms with Crippen molar-refractivity contribution in [3.8, 4) is 0 Å². The van der Waals surface area contributed by atoms with Gasteiger partial charge in [-0.1, -0.05) is 18.5 Å². The van der Waals surface area contributed by atoms with Crippen molar-refractivity contribution in [1.82, 2.24) is 0 Å². The topological polar surface area (TPSA) is 38.3 Å². The molecular weight excluding hydrogens is 270 g/mol. The van der Waals surface area contributed by atoms with E-state index in [9.17, 15) is 4.79 Å². The van der Waals surface area contributed by atoms with Gasteiger partial charge in [0.15, 0.2) is 0 Å². The molecule has 0 saturated carbocycles. The Morgan fingerprint density at radius 2 is 2.28 bits per heavy atom. The number of carbonyl (C=O) groups excluding carboxylic acids is 1. The zero-order valence-corrected chi connectivity index (χ0v) is 12.2. The van der Waals surface area contributed by atoms with E-state index in [0.29, 0.717) is 10.6 Å². The lowest BCUT2D eigenvalue weighted by molar-refractivity contribution is 0.0601. The van der Waals surface area contributed by atoms with E-state index in [1.807, 2.05) is 17.8 Å². The van der Waals surface area contributed by atoms with Crippen LogP contribution in [0.4, 0.5) is 5.69 Å². The third kappa shape index (κ3) is 4.78. The molecule has 3 nitrogen and oxygen atoms in total. The number of ether oxygens (including phenoxy) is 1. The molecule has 1 rings (SSSR count). The lowest BCUT2D eigenvalue weighted by Gasteiger charge is -2.08. The smallest absolute Gasteiger partial charge is 0.339 e. The van der Waals surface area contributed by atoms with E-state index in [1.165, 1.54) is 7.11 Å².